The van der Waals surface area contributed by atoms with Gasteiger partial charge in [-0.25, -0.2) is 0 Å². The Morgan fingerprint density at radius 1 is 1.44 bits per heavy atom. The maximum atomic E-state index is 12.2. The van der Waals surface area contributed by atoms with Crippen molar-refractivity contribution in [2.75, 3.05) is 26.0 Å². The molecule has 16 heavy (non-hydrogen) atoms. The fourth-order valence-electron chi connectivity index (χ4n) is 1.74. The second-order valence-corrected chi connectivity index (χ2v) is 4.91. The van der Waals surface area contributed by atoms with Gasteiger partial charge in [-0.2, -0.15) is 0 Å². The first-order chi connectivity index (χ1) is 7.72. The van der Waals surface area contributed by atoms with E-state index in [0.717, 1.165) is 10.5 Å². The predicted octanol–water partition coefficient (Wildman–Crippen LogP) is 1.57. The number of thioether (sulfide) groups is 1. The number of carbonyl (C=O) groups is 1. The lowest BCUT2D eigenvalue weighted by atomic mass is 9.78. The highest BCUT2D eigenvalue weighted by Crippen LogP contribution is 2.31. The number of hydrogen-bond donors (Lipinski definition) is 1. The van der Waals surface area contributed by atoms with E-state index in [2.05, 4.69) is 0 Å². The number of hydrogen-bond acceptors (Lipinski definition) is 4. The lowest BCUT2D eigenvalue weighted by molar-refractivity contribution is -0.0816. The van der Waals surface area contributed by atoms with E-state index < -0.39 is 5.41 Å². The Labute approximate surface area is 99.4 Å². The highest BCUT2D eigenvalue weighted by molar-refractivity contribution is 7.98. The van der Waals surface area contributed by atoms with E-state index in [1.54, 1.807) is 11.8 Å². The van der Waals surface area contributed by atoms with E-state index >= 15 is 0 Å². The second kappa shape index (κ2) is 4.57. The molecule has 0 aromatic heterocycles. The van der Waals surface area contributed by atoms with Crippen molar-refractivity contribution >= 4 is 17.5 Å². The fourth-order valence-corrected chi connectivity index (χ4v) is 2.15. The Morgan fingerprint density at radius 3 is 2.44 bits per heavy atom. The first-order valence-corrected chi connectivity index (χ1v) is 6.41. The van der Waals surface area contributed by atoms with Crippen LogP contribution in [0.2, 0.25) is 0 Å². The molecule has 1 aromatic carbocycles. The third-order valence-corrected chi connectivity index (χ3v) is 3.72. The van der Waals surface area contributed by atoms with Crippen molar-refractivity contribution in [3.8, 4) is 0 Å². The lowest BCUT2D eigenvalue weighted by Gasteiger charge is -2.38. The standard InChI is InChI=1S/C12H15NO2S/c1-16-10-4-2-9(3-5-10)11(14)12(6-13)7-15-8-12/h2-5H,6-8,13H2,1H3. The number of Topliss-reactive ketones (excluding diaryl/α,β-unsaturated/α-hetero) is 1. The van der Waals surface area contributed by atoms with Crippen molar-refractivity contribution in [3.05, 3.63) is 29.8 Å². The minimum Gasteiger partial charge on any atom is -0.379 e. The predicted molar refractivity (Wildman–Crippen MR) is 64.9 cm³/mol. The number of carbonyl (C=O) groups excluding carboxylic acids is 1. The van der Waals surface area contributed by atoms with Gasteiger partial charge >= 0.3 is 0 Å². The van der Waals surface area contributed by atoms with Gasteiger partial charge in [0.2, 0.25) is 0 Å². The molecular formula is C12H15NO2S. The molecule has 2 rings (SSSR count). The molecule has 1 aliphatic rings. The van der Waals surface area contributed by atoms with Gasteiger partial charge in [-0.15, -0.1) is 11.8 Å². The SMILES string of the molecule is CSc1ccc(C(=O)C2(CN)COC2)cc1. The molecule has 3 nitrogen and oxygen atoms in total. The highest BCUT2D eigenvalue weighted by Gasteiger charge is 2.44. The van der Waals surface area contributed by atoms with E-state index in [1.165, 1.54) is 0 Å². The summed E-state index contributed by atoms with van der Waals surface area (Å²) in [6.07, 6.45) is 2.01. The number of benzene rings is 1. The van der Waals surface area contributed by atoms with Crippen molar-refractivity contribution in [1.29, 1.82) is 0 Å². The van der Waals surface area contributed by atoms with Crippen molar-refractivity contribution in [2.45, 2.75) is 4.90 Å². The maximum Gasteiger partial charge on any atom is 0.174 e. The van der Waals surface area contributed by atoms with Crippen molar-refractivity contribution < 1.29 is 9.53 Å². The molecule has 86 valence electrons. The van der Waals surface area contributed by atoms with Crippen LogP contribution in [0.25, 0.3) is 0 Å². The van der Waals surface area contributed by atoms with Crippen LogP contribution in [0.4, 0.5) is 0 Å². The number of ether oxygens (including phenoxy) is 1. The number of ketones is 1. The van der Waals surface area contributed by atoms with Gasteiger partial charge in [-0.05, 0) is 18.4 Å². The Balaban J connectivity index is 2.20. The summed E-state index contributed by atoms with van der Waals surface area (Å²) in [5, 5.41) is 0. The van der Waals surface area contributed by atoms with E-state index in [9.17, 15) is 4.79 Å². The second-order valence-electron chi connectivity index (χ2n) is 4.03. The zero-order chi connectivity index (χ0) is 11.6. The molecule has 0 amide bonds. The van der Waals surface area contributed by atoms with Crippen LogP contribution >= 0.6 is 11.8 Å². The van der Waals surface area contributed by atoms with Gasteiger partial charge < -0.3 is 10.5 Å². The normalized spacial score (nSPS) is 17.9. The van der Waals surface area contributed by atoms with Gasteiger partial charge in [0, 0.05) is 17.0 Å². The van der Waals surface area contributed by atoms with Crippen LogP contribution in [-0.2, 0) is 4.74 Å². The van der Waals surface area contributed by atoms with E-state index in [-0.39, 0.29) is 5.78 Å². The average Bonchev–Trinajstić information content (AvgIpc) is 2.28. The third kappa shape index (κ3) is 1.88. The van der Waals surface area contributed by atoms with Gasteiger partial charge in [-0.1, -0.05) is 12.1 Å². The summed E-state index contributed by atoms with van der Waals surface area (Å²) in [5.74, 6) is 0.105. The fraction of sp³-hybridized carbons (Fsp3) is 0.417. The molecule has 1 aliphatic heterocycles. The first kappa shape index (κ1) is 11.6. The van der Waals surface area contributed by atoms with Crippen LogP contribution in [0.1, 0.15) is 10.4 Å². The number of nitrogens with two attached hydrogens (primary N) is 1. The molecule has 0 aliphatic carbocycles. The molecule has 1 heterocycles. The molecule has 0 saturated carbocycles. The monoisotopic (exact) mass is 237 g/mol. The highest BCUT2D eigenvalue weighted by atomic mass is 32.2. The largest absolute Gasteiger partial charge is 0.379 e. The quantitative estimate of drug-likeness (QED) is 0.638. The summed E-state index contributed by atoms with van der Waals surface area (Å²) >= 11 is 1.66. The summed E-state index contributed by atoms with van der Waals surface area (Å²) in [4.78, 5) is 13.4. The van der Waals surface area contributed by atoms with Gasteiger partial charge in [0.25, 0.3) is 0 Å². The minimum atomic E-state index is -0.471. The van der Waals surface area contributed by atoms with E-state index in [0.29, 0.717) is 19.8 Å². The summed E-state index contributed by atoms with van der Waals surface area (Å²) in [6.45, 7) is 1.26. The molecule has 1 aromatic rings. The summed E-state index contributed by atoms with van der Waals surface area (Å²) < 4.78 is 5.11. The van der Waals surface area contributed by atoms with Crippen LogP contribution in [-0.4, -0.2) is 31.8 Å². The lowest BCUT2D eigenvalue weighted by Crippen LogP contribution is -2.54. The Bertz CT molecular complexity index is 379. The van der Waals surface area contributed by atoms with Crippen molar-refractivity contribution in [2.24, 2.45) is 11.1 Å². The van der Waals surface area contributed by atoms with E-state index in [1.807, 2.05) is 30.5 Å². The van der Waals surface area contributed by atoms with Crippen molar-refractivity contribution in [1.82, 2.24) is 0 Å². The molecule has 0 spiro atoms. The summed E-state index contributed by atoms with van der Waals surface area (Å²) in [7, 11) is 0. The summed E-state index contributed by atoms with van der Waals surface area (Å²) in [5.41, 5.74) is 5.92. The van der Waals surface area contributed by atoms with E-state index in [4.69, 9.17) is 10.5 Å². The number of rotatable bonds is 4. The average molecular weight is 237 g/mol. The molecule has 0 radical (unpaired) electrons. The molecule has 4 heteroatoms. The smallest absolute Gasteiger partial charge is 0.174 e. The molecule has 2 N–H and O–H groups in total. The minimum absolute atomic E-state index is 0.105. The molecule has 0 bridgehead atoms. The van der Waals surface area contributed by atoms with Gasteiger partial charge in [0.1, 0.15) is 0 Å². The zero-order valence-corrected chi connectivity index (χ0v) is 10.0. The Morgan fingerprint density at radius 2 is 2.06 bits per heavy atom. The molecular weight excluding hydrogens is 222 g/mol. The van der Waals surface area contributed by atoms with Gasteiger partial charge in [0.05, 0.1) is 18.6 Å². The van der Waals surface area contributed by atoms with Crippen LogP contribution < -0.4 is 5.73 Å². The van der Waals surface area contributed by atoms with Crippen molar-refractivity contribution in [3.63, 3.8) is 0 Å². The molecule has 0 unspecified atom stereocenters. The van der Waals surface area contributed by atoms with Crippen LogP contribution in [0.15, 0.2) is 29.2 Å². The Hall–Kier alpha value is -0.840. The Kier molecular flexibility index (Phi) is 3.33. The summed E-state index contributed by atoms with van der Waals surface area (Å²) in [6, 6.07) is 7.65. The maximum absolute atomic E-state index is 12.2. The first-order valence-electron chi connectivity index (χ1n) is 5.18. The zero-order valence-electron chi connectivity index (χ0n) is 9.23. The van der Waals surface area contributed by atoms with Crippen LogP contribution in [0.3, 0.4) is 0 Å². The van der Waals surface area contributed by atoms with Gasteiger partial charge in [0.15, 0.2) is 5.78 Å². The van der Waals surface area contributed by atoms with Gasteiger partial charge in [-0.3, -0.25) is 4.79 Å². The third-order valence-electron chi connectivity index (χ3n) is 2.98. The topological polar surface area (TPSA) is 52.3 Å². The molecule has 1 fully saturated rings. The van der Waals surface area contributed by atoms with Crippen LogP contribution in [0, 0.1) is 5.41 Å². The molecule has 0 atom stereocenters. The molecule has 1 saturated heterocycles. The van der Waals surface area contributed by atoms with Crippen LogP contribution in [0.5, 0.6) is 0 Å².